The number of ether oxygens (including phenoxy) is 1. The molecule has 0 saturated heterocycles. The second-order valence-electron chi connectivity index (χ2n) is 4.15. The number of hydrogen-bond acceptors (Lipinski definition) is 6. The molecule has 1 N–H and O–H groups in total. The summed E-state index contributed by atoms with van der Waals surface area (Å²) in [4.78, 5) is 2.07. The number of aromatic nitrogens is 2. The average molecular weight is 244 g/mol. The first-order valence-electron chi connectivity index (χ1n) is 5.41. The third-order valence-electron chi connectivity index (χ3n) is 1.87. The summed E-state index contributed by atoms with van der Waals surface area (Å²) in [6, 6.07) is 0.460. The van der Waals surface area contributed by atoms with Crippen molar-refractivity contribution in [1.82, 2.24) is 20.4 Å². The van der Waals surface area contributed by atoms with E-state index in [2.05, 4.69) is 34.3 Å². The molecular weight excluding hydrogens is 224 g/mol. The Kier molecular flexibility index (Phi) is 5.65. The molecule has 0 fully saturated rings. The van der Waals surface area contributed by atoms with Gasteiger partial charge in [-0.3, -0.25) is 0 Å². The number of hydrogen-bond donors (Lipinski definition) is 1. The SMILES string of the molecule is CC(C)NCc1nnc(OCCN(C)C)s1. The molecule has 1 aromatic heterocycles. The van der Waals surface area contributed by atoms with Crippen LogP contribution in [0, 0.1) is 0 Å². The third-order valence-corrected chi connectivity index (χ3v) is 2.71. The Labute approximate surface area is 101 Å². The molecule has 1 rings (SSSR count). The van der Waals surface area contributed by atoms with Gasteiger partial charge in [-0.15, -0.1) is 10.2 Å². The second kappa shape index (κ2) is 6.78. The molecule has 16 heavy (non-hydrogen) atoms. The maximum absolute atomic E-state index is 5.48. The van der Waals surface area contributed by atoms with Gasteiger partial charge in [-0.1, -0.05) is 25.2 Å². The number of likely N-dealkylation sites (N-methyl/N-ethyl adjacent to an activating group) is 1. The van der Waals surface area contributed by atoms with Crippen LogP contribution in [0.2, 0.25) is 0 Å². The summed E-state index contributed by atoms with van der Waals surface area (Å²) >= 11 is 1.50. The molecule has 0 bridgehead atoms. The topological polar surface area (TPSA) is 50.3 Å². The summed E-state index contributed by atoms with van der Waals surface area (Å²) < 4.78 is 5.48. The molecule has 0 amide bonds. The first-order valence-corrected chi connectivity index (χ1v) is 6.23. The van der Waals surface area contributed by atoms with Gasteiger partial charge in [-0.25, -0.2) is 0 Å². The van der Waals surface area contributed by atoms with Gasteiger partial charge in [-0.2, -0.15) is 0 Å². The van der Waals surface area contributed by atoms with Gasteiger partial charge in [-0.05, 0) is 14.1 Å². The van der Waals surface area contributed by atoms with Gasteiger partial charge in [0.15, 0.2) is 0 Å². The lowest BCUT2D eigenvalue weighted by molar-refractivity contribution is 0.259. The Morgan fingerprint density at radius 1 is 1.38 bits per heavy atom. The van der Waals surface area contributed by atoms with Crippen LogP contribution in [-0.4, -0.2) is 48.4 Å². The molecule has 1 heterocycles. The van der Waals surface area contributed by atoms with Crippen molar-refractivity contribution < 1.29 is 4.74 Å². The zero-order chi connectivity index (χ0) is 12.0. The van der Waals surface area contributed by atoms with Crippen molar-refractivity contribution in [3.63, 3.8) is 0 Å². The van der Waals surface area contributed by atoms with Gasteiger partial charge in [0.25, 0.3) is 5.19 Å². The maximum Gasteiger partial charge on any atom is 0.294 e. The Hall–Kier alpha value is -0.720. The lowest BCUT2D eigenvalue weighted by atomic mass is 10.4. The standard InChI is InChI=1S/C10H20N4OS/c1-8(2)11-7-9-12-13-10(16-9)15-6-5-14(3)4/h8,11H,5-7H2,1-4H3. The number of nitrogens with one attached hydrogen (secondary N) is 1. The van der Waals surface area contributed by atoms with Crippen molar-refractivity contribution in [2.24, 2.45) is 0 Å². The van der Waals surface area contributed by atoms with E-state index in [9.17, 15) is 0 Å². The Bertz CT molecular complexity index is 301. The van der Waals surface area contributed by atoms with E-state index in [0.29, 0.717) is 17.8 Å². The Morgan fingerprint density at radius 2 is 2.12 bits per heavy atom. The van der Waals surface area contributed by atoms with Gasteiger partial charge >= 0.3 is 0 Å². The van der Waals surface area contributed by atoms with Crippen LogP contribution in [0.4, 0.5) is 0 Å². The van der Waals surface area contributed by atoms with E-state index < -0.39 is 0 Å². The third kappa shape index (κ3) is 5.39. The normalized spacial score (nSPS) is 11.4. The average Bonchev–Trinajstić information content (AvgIpc) is 2.62. The van der Waals surface area contributed by atoms with Crippen molar-refractivity contribution in [1.29, 1.82) is 0 Å². The van der Waals surface area contributed by atoms with Crippen LogP contribution in [0.15, 0.2) is 0 Å². The molecule has 92 valence electrons. The highest BCUT2D eigenvalue weighted by molar-refractivity contribution is 7.13. The smallest absolute Gasteiger partial charge is 0.294 e. The van der Waals surface area contributed by atoms with Crippen LogP contribution in [0.5, 0.6) is 5.19 Å². The van der Waals surface area contributed by atoms with Crippen molar-refractivity contribution in [2.75, 3.05) is 27.2 Å². The van der Waals surface area contributed by atoms with E-state index >= 15 is 0 Å². The highest BCUT2D eigenvalue weighted by Crippen LogP contribution is 2.17. The fraction of sp³-hybridized carbons (Fsp3) is 0.800. The van der Waals surface area contributed by atoms with Gasteiger partial charge in [0.2, 0.25) is 0 Å². The van der Waals surface area contributed by atoms with Crippen LogP contribution in [0.3, 0.4) is 0 Å². The quantitative estimate of drug-likeness (QED) is 0.775. The first-order chi connectivity index (χ1) is 7.58. The zero-order valence-corrected chi connectivity index (χ0v) is 11.2. The first kappa shape index (κ1) is 13.3. The molecule has 5 nitrogen and oxygen atoms in total. The molecule has 0 aliphatic rings. The van der Waals surface area contributed by atoms with E-state index in [1.54, 1.807) is 0 Å². The Morgan fingerprint density at radius 3 is 2.75 bits per heavy atom. The summed E-state index contributed by atoms with van der Waals surface area (Å²) in [5.74, 6) is 0. The fourth-order valence-corrected chi connectivity index (χ4v) is 1.64. The fourth-order valence-electron chi connectivity index (χ4n) is 0.975. The second-order valence-corrected chi connectivity index (χ2v) is 5.17. The molecule has 0 aliphatic carbocycles. The lowest BCUT2D eigenvalue weighted by Gasteiger charge is -2.08. The predicted octanol–water partition coefficient (Wildman–Crippen LogP) is 0.976. The maximum atomic E-state index is 5.48. The number of rotatable bonds is 7. The minimum Gasteiger partial charge on any atom is -0.468 e. The van der Waals surface area contributed by atoms with Crippen molar-refractivity contribution in [2.45, 2.75) is 26.4 Å². The highest BCUT2D eigenvalue weighted by atomic mass is 32.1. The minimum absolute atomic E-state index is 0.460. The molecule has 0 atom stereocenters. The van der Waals surface area contributed by atoms with E-state index in [1.807, 2.05) is 14.1 Å². The summed E-state index contributed by atoms with van der Waals surface area (Å²) in [7, 11) is 4.03. The molecule has 0 radical (unpaired) electrons. The van der Waals surface area contributed by atoms with E-state index in [-0.39, 0.29) is 0 Å². The van der Waals surface area contributed by atoms with Gasteiger partial charge in [0, 0.05) is 12.6 Å². The molecule has 0 spiro atoms. The van der Waals surface area contributed by atoms with Crippen molar-refractivity contribution in [3.8, 4) is 5.19 Å². The predicted molar refractivity (Wildman–Crippen MR) is 65.9 cm³/mol. The molecule has 6 heteroatoms. The lowest BCUT2D eigenvalue weighted by Crippen LogP contribution is -2.21. The summed E-state index contributed by atoms with van der Waals surface area (Å²) in [5, 5.41) is 12.9. The van der Waals surface area contributed by atoms with Crippen LogP contribution in [0.25, 0.3) is 0 Å². The molecule has 0 saturated carbocycles. The minimum atomic E-state index is 0.460. The highest BCUT2D eigenvalue weighted by Gasteiger charge is 2.05. The van der Waals surface area contributed by atoms with Crippen molar-refractivity contribution >= 4 is 11.3 Å². The van der Waals surface area contributed by atoms with Gasteiger partial charge < -0.3 is 15.0 Å². The monoisotopic (exact) mass is 244 g/mol. The van der Waals surface area contributed by atoms with E-state index in [4.69, 9.17) is 4.74 Å². The number of nitrogens with zero attached hydrogens (tertiary/aromatic N) is 3. The van der Waals surface area contributed by atoms with Crippen molar-refractivity contribution in [3.05, 3.63) is 5.01 Å². The van der Waals surface area contributed by atoms with E-state index in [0.717, 1.165) is 18.1 Å². The van der Waals surface area contributed by atoms with Gasteiger partial charge in [0.05, 0.1) is 6.54 Å². The summed E-state index contributed by atoms with van der Waals surface area (Å²) in [5.41, 5.74) is 0. The van der Waals surface area contributed by atoms with E-state index in [1.165, 1.54) is 11.3 Å². The summed E-state index contributed by atoms with van der Waals surface area (Å²) in [6.07, 6.45) is 0. The molecule has 0 aromatic carbocycles. The molecule has 0 unspecified atom stereocenters. The van der Waals surface area contributed by atoms with Crippen LogP contribution < -0.4 is 10.1 Å². The van der Waals surface area contributed by atoms with Gasteiger partial charge in [0.1, 0.15) is 11.6 Å². The largest absolute Gasteiger partial charge is 0.468 e. The molecule has 0 aliphatic heterocycles. The van der Waals surface area contributed by atoms with Crippen LogP contribution in [-0.2, 0) is 6.54 Å². The molecule has 1 aromatic rings. The summed E-state index contributed by atoms with van der Waals surface area (Å²) in [6.45, 7) is 6.51. The Balaban J connectivity index is 2.28. The molecular formula is C10H20N4OS. The van der Waals surface area contributed by atoms with Crippen LogP contribution >= 0.6 is 11.3 Å². The van der Waals surface area contributed by atoms with Crippen LogP contribution in [0.1, 0.15) is 18.9 Å². The zero-order valence-electron chi connectivity index (χ0n) is 10.4.